The van der Waals surface area contributed by atoms with Crippen LogP contribution in [0.5, 0.6) is 5.75 Å². The number of hydrogen-bond donors (Lipinski definition) is 1. The van der Waals surface area contributed by atoms with Gasteiger partial charge in [0.2, 0.25) is 0 Å². The number of nitriles is 1. The number of aromatic hydroxyl groups is 1. The average Bonchev–Trinajstić information content (AvgIpc) is 2.06. The predicted octanol–water partition coefficient (Wildman–Crippen LogP) is 3.05. The molecule has 1 aromatic rings. The highest BCUT2D eigenvalue weighted by Crippen LogP contribution is 2.39. The normalized spacial score (nSPS) is 11.1. The van der Waals surface area contributed by atoms with Crippen molar-refractivity contribution in [2.75, 3.05) is 0 Å². The van der Waals surface area contributed by atoms with Gasteiger partial charge in [0, 0.05) is 4.47 Å². The summed E-state index contributed by atoms with van der Waals surface area (Å²) in [6.07, 6.45) is -4.67. The Morgan fingerprint density at radius 1 is 1.36 bits per heavy atom. The van der Waals surface area contributed by atoms with E-state index >= 15 is 0 Å². The number of phenolic OH excluding ortho intramolecular Hbond substituents is 1. The first-order valence-electron chi connectivity index (χ1n) is 3.36. The molecule has 14 heavy (non-hydrogen) atoms. The highest BCUT2D eigenvalue weighted by atomic mass is 79.9. The molecule has 1 N–H and O–H groups in total. The minimum absolute atomic E-state index is 0.0965. The first-order valence-corrected chi connectivity index (χ1v) is 4.15. The largest absolute Gasteiger partial charge is 0.506 e. The van der Waals surface area contributed by atoms with Crippen molar-refractivity contribution in [1.29, 1.82) is 5.26 Å². The molecule has 0 amide bonds. The van der Waals surface area contributed by atoms with E-state index in [4.69, 9.17) is 10.4 Å². The van der Waals surface area contributed by atoms with E-state index < -0.39 is 23.1 Å². The summed E-state index contributed by atoms with van der Waals surface area (Å²) in [6, 6.07) is 3.30. The summed E-state index contributed by atoms with van der Waals surface area (Å²) in [5, 5.41) is 17.5. The molecule has 0 spiro atoms. The predicted molar refractivity (Wildman–Crippen MR) is 45.5 cm³/mol. The van der Waals surface area contributed by atoms with Gasteiger partial charge in [0.25, 0.3) is 0 Å². The second-order valence-corrected chi connectivity index (χ2v) is 3.37. The Kier molecular flexibility index (Phi) is 2.71. The quantitative estimate of drug-likeness (QED) is 0.784. The fourth-order valence-corrected chi connectivity index (χ4v) is 1.36. The summed E-state index contributed by atoms with van der Waals surface area (Å²) in [6.45, 7) is 0. The van der Waals surface area contributed by atoms with E-state index in [9.17, 15) is 13.2 Å². The molecule has 2 nitrogen and oxygen atoms in total. The van der Waals surface area contributed by atoms with E-state index in [-0.39, 0.29) is 4.47 Å². The van der Waals surface area contributed by atoms with Gasteiger partial charge >= 0.3 is 6.18 Å². The maximum Gasteiger partial charge on any atom is 0.420 e. The van der Waals surface area contributed by atoms with E-state index in [0.29, 0.717) is 0 Å². The molecule has 74 valence electrons. The van der Waals surface area contributed by atoms with Crippen LogP contribution < -0.4 is 0 Å². The second kappa shape index (κ2) is 3.50. The second-order valence-electron chi connectivity index (χ2n) is 2.46. The van der Waals surface area contributed by atoms with Crippen LogP contribution >= 0.6 is 15.9 Å². The summed E-state index contributed by atoms with van der Waals surface area (Å²) in [7, 11) is 0. The number of halogens is 4. The van der Waals surface area contributed by atoms with Crippen LogP contribution in [0, 0.1) is 11.3 Å². The van der Waals surface area contributed by atoms with Crippen molar-refractivity contribution in [3.8, 4) is 11.8 Å². The lowest BCUT2D eigenvalue weighted by molar-refractivity contribution is -0.138. The van der Waals surface area contributed by atoms with Gasteiger partial charge in [-0.05, 0) is 12.1 Å². The molecular formula is C8H3BrF3NO. The Hall–Kier alpha value is -1.22. The zero-order chi connectivity index (χ0) is 10.9. The fourth-order valence-electron chi connectivity index (χ4n) is 0.901. The number of hydrogen-bond acceptors (Lipinski definition) is 2. The highest BCUT2D eigenvalue weighted by Gasteiger charge is 2.35. The Bertz CT molecular complexity index is 408. The molecule has 0 heterocycles. The molecular weight excluding hydrogens is 263 g/mol. The Morgan fingerprint density at radius 3 is 2.36 bits per heavy atom. The molecule has 0 aliphatic carbocycles. The molecule has 0 bridgehead atoms. The number of benzene rings is 1. The van der Waals surface area contributed by atoms with Gasteiger partial charge < -0.3 is 5.11 Å². The van der Waals surface area contributed by atoms with Crippen molar-refractivity contribution in [3.05, 3.63) is 27.7 Å². The van der Waals surface area contributed by atoms with Crippen LogP contribution in [0.1, 0.15) is 11.1 Å². The summed E-state index contributed by atoms with van der Waals surface area (Å²) in [4.78, 5) is 0. The molecule has 0 aliphatic rings. The molecule has 0 fully saturated rings. The molecule has 6 heteroatoms. The highest BCUT2D eigenvalue weighted by molar-refractivity contribution is 9.10. The third-order valence-electron chi connectivity index (χ3n) is 1.50. The summed E-state index contributed by atoms with van der Waals surface area (Å²) < 4.78 is 36.9. The Labute approximate surface area is 85.7 Å². The molecule has 0 aromatic heterocycles. The van der Waals surface area contributed by atoms with Crippen LogP contribution in [0.2, 0.25) is 0 Å². The van der Waals surface area contributed by atoms with Crippen molar-refractivity contribution >= 4 is 15.9 Å². The standard InChI is InChI=1S/C8H3BrF3NO/c9-5-1-4(3-13)7(14)6(2-5)8(10,11)12/h1-2,14H. The van der Waals surface area contributed by atoms with Crippen LogP contribution in [-0.2, 0) is 6.18 Å². The van der Waals surface area contributed by atoms with Gasteiger partial charge in [-0.25, -0.2) is 0 Å². The third-order valence-corrected chi connectivity index (χ3v) is 1.96. The number of alkyl halides is 3. The van der Waals surface area contributed by atoms with E-state index in [1.165, 1.54) is 6.07 Å². The number of nitrogens with zero attached hydrogens (tertiary/aromatic N) is 1. The summed E-state index contributed by atoms with van der Waals surface area (Å²) in [5.74, 6) is -1.04. The SMILES string of the molecule is N#Cc1cc(Br)cc(C(F)(F)F)c1O. The van der Waals surface area contributed by atoms with Gasteiger partial charge in [0.05, 0.1) is 11.1 Å². The van der Waals surface area contributed by atoms with E-state index in [2.05, 4.69) is 15.9 Å². The van der Waals surface area contributed by atoms with E-state index in [0.717, 1.165) is 12.1 Å². The molecule has 0 saturated heterocycles. The van der Waals surface area contributed by atoms with Crippen LogP contribution in [0.3, 0.4) is 0 Å². The first-order chi connectivity index (χ1) is 6.36. The minimum atomic E-state index is -4.67. The molecule has 0 unspecified atom stereocenters. The maximum absolute atomic E-state index is 12.3. The average molecular weight is 266 g/mol. The lowest BCUT2D eigenvalue weighted by Crippen LogP contribution is -2.06. The third kappa shape index (κ3) is 1.99. The van der Waals surface area contributed by atoms with Crippen LogP contribution in [0.15, 0.2) is 16.6 Å². The van der Waals surface area contributed by atoms with Gasteiger partial charge in [-0.3, -0.25) is 0 Å². The number of rotatable bonds is 0. The van der Waals surface area contributed by atoms with Crippen molar-refractivity contribution < 1.29 is 18.3 Å². The molecule has 1 aromatic carbocycles. The van der Waals surface area contributed by atoms with E-state index in [1.807, 2.05) is 0 Å². The first kappa shape index (κ1) is 10.9. The van der Waals surface area contributed by atoms with Crippen LogP contribution in [-0.4, -0.2) is 5.11 Å². The van der Waals surface area contributed by atoms with Crippen LogP contribution in [0.25, 0.3) is 0 Å². The topological polar surface area (TPSA) is 44.0 Å². The van der Waals surface area contributed by atoms with Crippen molar-refractivity contribution in [2.45, 2.75) is 6.18 Å². The smallest absolute Gasteiger partial charge is 0.420 e. The molecule has 0 radical (unpaired) electrons. The number of phenols is 1. The molecule has 0 atom stereocenters. The van der Waals surface area contributed by atoms with Crippen LogP contribution in [0.4, 0.5) is 13.2 Å². The van der Waals surface area contributed by atoms with Gasteiger partial charge in [-0.2, -0.15) is 18.4 Å². The van der Waals surface area contributed by atoms with Gasteiger partial charge in [-0.1, -0.05) is 15.9 Å². The minimum Gasteiger partial charge on any atom is -0.506 e. The lowest BCUT2D eigenvalue weighted by Gasteiger charge is -2.09. The van der Waals surface area contributed by atoms with Gasteiger partial charge in [0.15, 0.2) is 0 Å². The van der Waals surface area contributed by atoms with Crippen molar-refractivity contribution in [3.63, 3.8) is 0 Å². The fraction of sp³-hybridized carbons (Fsp3) is 0.125. The zero-order valence-electron chi connectivity index (χ0n) is 6.56. The molecule has 0 aliphatic heterocycles. The monoisotopic (exact) mass is 265 g/mol. The van der Waals surface area contributed by atoms with Gasteiger partial charge in [-0.15, -0.1) is 0 Å². The lowest BCUT2D eigenvalue weighted by atomic mass is 10.1. The Balaban J connectivity index is 3.47. The Morgan fingerprint density at radius 2 is 1.93 bits per heavy atom. The maximum atomic E-state index is 12.3. The van der Waals surface area contributed by atoms with Gasteiger partial charge in [0.1, 0.15) is 11.8 Å². The summed E-state index contributed by atoms with van der Waals surface area (Å²) in [5.41, 5.74) is -1.63. The zero-order valence-corrected chi connectivity index (χ0v) is 8.15. The van der Waals surface area contributed by atoms with Crippen molar-refractivity contribution in [1.82, 2.24) is 0 Å². The summed E-state index contributed by atoms with van der Waals surface area (Å²) >= 11 is 2.82. The molecule has 0 saturated carbocycles. The van der Waals surface area contributed by atoms with Crippen molar-refractivity contribution in [2.24, 2.45) is 0 Å². The molecule has 1 rings (SSSR count). The van der Waals surface area contributed by atoms with E-state index in [1.54, 1.807) is 0 Å².